The normalized spacial score (nSPS) is 14.2. The number of thiazole rings is 1. The summed E-state index contributed by atoms with van der Waals surface area (Å²) in [6.07, 6.45) is 0.835. The number of nitriles is 1. The van der Waals surface area contributed by atoms with Gasteiger partial charge in [0.1, 0.15) is 5.75 Å². The average Bonchev–Trinajstić information content (AvgIpc) is 3.25. The molecule has 0 radical (unpaired) electrons. The first-order chi connectivity index (χ1) is 15.7. The summed E-state index contributed by atoms with van der Waals surface area (Å²) in [7, 11) is 0. The monoisotopic (exact) mass is 450 g/mol. The molecule has 4 rings (SSSR count). The second-order valence-electron chi connectivity index (χ2n) is 7.51. The lowest BCUT2D eigenvalue weighted by atomic mass is 10.1. The Morgan fingerprint density at radius 1 is 1.25 bits per heavy atom. The van der Waals surface area contributed by atoms with E-state index < -0.39 is 0 Å². The van der Waals surface area contributed by atoms with Crippen LogP contribution in [0.5, 0.6) is 5.75 Å². The number of anilines is 1. The average molecular weight is 451 g/mol. The molecule has 166 valence electrons. The zero-order valence-electron chi connectivity index (χ0n) is 18.1. The van der Waals surface area contributed by atoms with Gasteiger partial charge in [-0.15, -0.1) is 0 Å². The molecule has 2 aromatic carbocycles. The first-order valence-corrected chi connectivity index (χ1v) is 11.6. The van der Waals surface area contributed by atoms with Gasteiger partial charge in [0, 0.05) is 31.7 Å². The number of carbonyl (C=O) groups is 1. The summed E-state index contributed by atoms with van der Waals surface area (Å²) in [4.78, 5) is 22.3. The molecule has 1 fully saturated rings. The Bertz CT molecular complexity index is 1100. The lowest BCUT2D eigenvalue weighted by molar-refractivity contribution is 0.0376. The molecule has 0 spiro atoms. The van der Waals surface area contributed by atoms with Crippen LogP contribution in [0.3, 0.4) is 0 Å². The Labute approximate surface area is 191 Å². The number of amides is 1. The maximum atomic E-state index is 13.4. The minimum atomic E-state index is -0.111. The van der Waals surface area contributed by atoms with Gasteiger partial charge in [-0.25, -0.2) is 4.98 Å². The standard InChI is InChI=1S/C24H26N4O3S/c1-2-31-20-8-9-21-22(16-20)32-24(26-21)28(11-3-10-27-12-14-30-15-13-27)23(29)19-6-4-18(17-25)5-7-19/h4-9,16H,2-3,10-15H2,1H3. The molecular weight excluding hydrogens is 424 g/mol. The fraction of sp³-hybridized carbons (Fsp3) is 0.375. The van der Waals surface area contributed by atoms with Gasteiger partial charge in [0.2, 0.25) is 0 Å². The third-order valence-electron chi connectivity index (χ3n) is 5.36. The first kappa shape index (κ1) is 22.2. The number of aromatic nitrogens is 1. The summed E-state index contributed by atoms with van der Waals surface area (Å²) in [5.41, 5.74) is 1.92. The van der Waals surface area contributed by atoms with E-state index in [1.165, 1.54) is 11.3 Å². The number of fused-ring (bicyclic) bond motifs is 1. The number of morpholine rings is 1. The van der Waals surface area contributed by atoms with Crippen molar-refractivity contribution >= 4 is 32.6 Å². The molecule has 3 aromatic rings. The third-order valence-corrected chi connectivity index (χ3v) is 6.40. The van der Waals surface area contributed by atoms with Crippen molar-refractivity contribution in [1.29, 1.82) is 5.26 Å². The van der Waals surface area contributed by atoms with Gasteiger partial charge < -0.3 is 9.47 Å². The van der Waals surface area contributed by atoms with Gasteiger partial charge in [-0.1, -0.05) is 11.3 Å². The maximum Gasteiger partial charge on any atom is 0.260 e. The molecule has 7 nitrogen and oxygen atoms in total. The summed E-state index contributed by atoms with van der Waals surface area (Å²) < 4.78 is 12.0. The number of hydrogen-bond acceptors (Lipinski definition) is 7. The van der Waals surface area contributed by atoms with Crippen LogP contribution in [0.25, 0.3) is 10.2 Å². The molecule has 1 saturated heterocycles. The van der Waals surface area contributed by atoms with Crippen LogP contribution in [0.4, 0.5) is 5.13 Å². The zero-order chi connectivity index (χ0) is 22.3. The van der Waals surface area contributed by atoms with E-state index in [0.717, 1.165) is 55.2 Å². The van der Waals surface area contributed by atoms with E-state index in [2.05, 4.69) is 11.0 Å². The van der Waals surface area contributed by atoms with Crippen molar-refractivity contribution in [2.75, 3.05) is 50.9 Å². The van der Waals surface area contributed by atoms with Crippen LogP contribution in [0.2, 0.25) is 0 Å². The Morgan fingerprint density at radius 2 is 2.03 bits per heavy atom. The molecule has 0 N–H and O–H groups in total. The number of nitrogens with zero attached hydrogens (tertiary/aromatic N) is 4. The van der Waals surface area contributed by atoms with E-state index >= 15 is 0 Å². The summed E-state index contributed by atoms with van der Waals surface area (Å²) in [6, 6.07) is 14.7. The quantitative estimate of drug-likeness (QED) is 0.517. The van der Waals surface area contributed by atoms with Gasteiger partial charge >= 0.3 is 0 Å². The highest BCUT2D eigenvalue weighted by atomic mass is 32.1. The molecular formula is C24H26N4O3S. The largest absolute Gasteiger partial charge is 0.494 e. The second-order valence-corrected chi connectivity index (χ2v) is 8.52. The zero-order valence-corrected chi connectivity index (χ0v) is 18.9. The molecule has 32 heavy (non-hydrogen) atoms. The highest BCUT2D eigenvalue weighted by molar-refractivity contribution is 7.22. The minimum Gasteiger partial charge on any atom is -0.494 e. The number of rotatable bonds is 8. The summed E-state index contributed by atoms with van der Waals surface area (Å²) in [6.45, 7) is 7.38. The number of hydrogen-bond donors (Lipinski definition) is 0. The smallest absolute Gasteiger partial charge is 0.260 e. The molecule has 1 amide bonds. The molecule has 1 aliphatic rings. The van der Waals surface area contributed by atoms with Crippen LogP contribution < -0.4 is 9.64 Å². The van der Waals surface area contributed by atoms with Crippen molar-refractivity contribution in [2.45, 2.75) is 13.3 Å². The second kappa shape index (κ2) is 10.6. The number of ether oxygens (including phenoxy) is 2. The van der Waals surface area contributed by atoms with Gasteiger partial charge in [-0.05, 0) is 55.8 Å². The molecule has 1 aromatic heterocycles. The van der Waals surface area contributed by atoms with E-state index in [1.54, 1.807) is 29.2 Å². The highest BCUT2D eigenvalue weighted by Crippen LogP contribution is 2.32. The first-order valence-electron chi connectivity index (χ1n) is 10.8. The fourth-order valence-electron chi connectivity index (χ4n) is 3.67. The molecule has 0 atom stereocenters. The van der Waals surface area contributed by atoms with E-state index in [-0.39, 0.29) is 5.91 Å². The van der Waals surface area contributed by atoms with Crippen LogP contribution in [-0.2, 0) is 4.74 Å². The minimum absolute atomic E-state index is 0.111. The summed E-state index contributed by atoms with van der Waals surface area (Å²) >= 11 is 1.49. The summed E-state index contributed by atoms with van der Waals surface area (Å²) in [5.74, 6) is 0.688. The topological polar surface area (TPSA) is 78.7 Å². The van der Waals surface area contributed by atoms with E-state index in [1.807, 2.05) is 25.1 Å². The Balaban J connectivity index is 1.57. The Kier molecular flexibility index (Phi) is 7.32. The molecule has 0 aliphatic carbocycles. The molecule has 1 aliphatic heterocycles. The Hall–Kier alpha value is -2.99. The molecule has 2 heterocycles. The lowest BCUT2D eigenvalue weighted by Crippen LogP contribution is -2.39. The van der Waals surface area contributed by atoms with Crippen LogP contribution in [0, 0.1) is 11.3 Å². The van der Waals surface area contributed by atoms with Gasteiger partial charge in [-0.3, -0.25) is 14.6 Å². The predicted molar refractivity (Wildman–Crippen MR) is 125 cm³/mol. The number of benzene rings is 2. The van der Waals surface area contributed by atoms with E-state index in [9.17, 15) is 4.79 Å². The van der Waals surface area contributed by atoms with Gasteiger partial charge in [-0.2, -0.15) is 5.26 Å². The fourth-order valence-corrected chi connectivity index (χ4v) is 4.69. The van der Waals surface area contributed by atoms with Crippen molar-refractivity contribution in [1.82, 2.24) is 9.88 Å². The molecule has 0 bridgehead atoms. The van der Waals surface area contributed by atoms with E-state index in [4.69, 9.17) is 19.7 Å². The van der Waals surface area contributed by atoms with Crippen LogP contribution >= 0.6 is 11.3 Å². The molecule has 0 saturated carbocycles. The van der Waals surface area contributed by atoms with Crippen molar-refractivity contribution < 1.29 is 14.3 Å². The van der Waals surface area contributed by atoms with Crippen molar-refractivity contribution in [3.05, 3.63) is 53.6 Å². The predicted octanol–water partition coefficient (Wildman–Crippen LogP) is 3.94. The van der Waals surface area contributed by atoms with Crippen molar-refractivity contribution in [2.24, 2.45) is 0 Å². The lowest BCUT2D eigenvalue weighted by Gasteiger charge is -2.27. The Morgan fingerprint density at radius 3 is 2.75 bits per heavy atom. The summed E-state index contributed by atoms with van der Waals surface area (Å²) in [5, 5.41) is 9.73. The van der Waals surface area contributed by atoms with Gasteiger partial charge in [0.25, 0.3) is 5.91 Å². The van der Waals surface area contributed by atoms with Gasteiger partial charge in [0.15, 0.2) is 5.13 Å². The number of carbonyl (C=O) groups excluding carboxylic acids is 1. The van der Waals surface area contributed by atoms with Crippen molar-refractivity contribution in [3.63, 3.8) is 0 Å². The van der Waals surface area contributed by atoms with Gasteiger partial charge in [0.05, 0.1) is 41.7 Å². The molecule has 0 unspecified atom stereocenters. The van der Waals surface area contributed by atoms with Crippen molar-refractivity contribution in [3.8, 4) is 11.8 Å². The maximum absolute atomic E-state index is 13.4. The van der Waals surface area contributed by atoms with Crippen LogP contribution in [0.15, 0.2) is 42.5 Å². The van der Waals surface area contributed by atoms with Crippen LogP contribution in [-0.4, -0.2) is 61.8 Å². The highest BCUT2D eigenvalue weighted by Gasteiger charge is 2.22. The molecule has 8 heteroatoms. The third kappa shape index (κ3) is 5.25. The van der Waals surface area contributed by atoms with Crippen LogP contribution in [0.1, 0.15) is 29.3 Å². The van der Waals surface area contributed by atoms with E-state index in [0.29, 0.717) is 29.4 Å². The SMILES string of the molecule is CCOc1ccc2nc(N(CCCN3CCOCC3)C(=O)c3ccc(C#N)cc3)sc2c1.